The second-order valence-corrected chi connectivity index (χ2v) is 7.40. The molecule has 1 heterocycles. The summed E-state index contributed by atoms with van der Waals surface area (Å²) < 4.78 is 38.7. The summed E-state index contributed by atoms with van der Waals surface area (Å²) in [6.45, 7) is 0. The molecule has 0 aromatic heterocycles. The Hall–Kier alpha value is -0.780. The molecule has 4 saturated carbocycles. The summed E-state index contributed by atoms with van der Waals surface area (Å²) in [4.78, 5) is 0. The van der Waals surface area contributed by atoms with Crippen molar-refractivity contribution in [3.05, 3.63) is 0 Å². The van der Waals surface area contributed by atoms with Gasteiger partial charge in [-0.05, 0) is 56.3 Å². The Morgan fingerprint density at radius 2 is 1.55 bits per heavy atom. The Morgan fingerprint density at radius 1 is 1.05 bits per heavy atom. The normalized spacial score (nSPS) is 50.2. The Bertz CT molecular complexity index is 438. The Labute approximate surface area is 115 Å². The van der Waals surface area contributed by atoms with E-state index in [1.54, 1.807) is 0 Å². The molecule has 4 aliphatic carbocycles. The number of aliphatic hydroxyl groups is 1. The van der Waals surface area contributed by atoms with Gasteiger partial charge < -0.3 is 5.11 Å². The van der Waals surface area contributed by atoms with E-state index in [2.05, 4.69) is 5.10 Å². The molecule has 20 heavy (non-hydrogen) atoms. The summed E-state index contributed by atoms with van der Waals surface area (Å²) >= 11 is 0. The van der Waals surface area contributed by atoms with Crippen LogP contribution >= 0.6 is 0 Å². The smallest absolute Gasteiger partial charge is 0.362 e. The van der Waals surface area contributed by atoms with Gasteiger partial charge in [0.25, 0.3) is 5.72 Å². The molecule has 5 aliphatic rings. The minimum Gasteiger partial charge on any atom is -0.362 e. The first-order valence-electron chi connectivity index (χ1n) is 7.43. The number of nitrogens with one attached hydrogen (secondary N) is 1. The molecule has 0 radical (unpaired) electrons. The van der Waals surface area contributed by atoms with Crippen LogP contribution in [0.15, 0.2) is 5.10 Å². The zero-order chi connectivity index (χ0) is 14.2. The third-order valence-electron chi connectivity index (χ3n) is 5.92. The molecule has 0 spiro atoms. The molecule has 3 nitrogen and oxygen atoms in total. The molecule has 2 N–H and O–H groups in total. The Balaban J connectivity index is 1.60. The van der Waals surface area contributed by atoms with Crippen molar-refractivity contribution in [1.82, 2.24) is 5.43 Å². The highest BCUT2D eigenvalue weighted by Crippen LogP contribution is 2.61. The molecule has 0 amide bonds. The molecule has 0 unspecified atom stereocenters. The van der Waals surface area contributed by atoms with Gasteiger partial charge in [-0.15, -0.1) is 0 Å². The first kappa shape index (κ1) is 12.9. The lowest BCUT2D eigenvalue weighted by Gasteiger charge is -2.56. The van der Waals surface area contributed by atoms with Crippen molar-refractivity contribution in [3.8, 4) is 0 Å². The van der Waals surface area contributed by atoms with Crippen molar-refractivity contribution >= 4 is 5.71 Å². The second-order valence-electron chi connectivity index (χ2n) is 7.40. The number of hydrogen-bond acceptors (Lipinski definition) is 3. The third-order valence-corrected chi connectivity index (χ3v) is 5.92. The van der Waals surface area contributed by atoms with Gasteiger partial charge in [-0.3, -0.25) is 5.43 Å². The van der Waals surface area contributed by atoms with Gasteiger partial charge in [0.05, 0.1) is 0 Å². The second kappa shape index (κ2) is 3.70. The van der Waals surface area contributed by atoms with E-state index in [9.17, 15) is 18.3 Å². The lowest BCUT2D eigenvalue weighted by molar-refractivity contribution is -0.266. The fourth-order valence-corrected chi connectivity index (χ4v) is 5.42. The highest BCUT2D eigenvalue weighted by molar-refractivity contribution is 5.92. The lowest BCUT2D eigenvalue weighted by atomic mass is 9.48. The van der Waals surface area contributed by atoms with Crippen molar-refractivity contribution in [2.45, 2.75) is 56.8 Å². The number of hydrazone groups is 1. The number of hydrogen-bond donors (Lipinski definition) is 2. The van der Waals surface area contributed by atoms with Crippen LogP contribution in [0.2, 0.25) is 0 Å². The van der Waals surface area contributed by atoms with Crippen LogP contribution in [0.4, 0.5) is 13.2 Å². The minimum atomic E-state index is -4.68. The number of rotatable bonds is 1. The van der Waals surface area contributed by atoms with E-state index in [1.165, 1.54) is 19.3 Å². The maximum Gasteiger partial charge on any atom is 0.438 e. The molecule has 4 fully saturated rings. The highest BCUT2D eigenvalue weighted by atomic mass is 19.4. The van der Waals surface area contributed by atoms with E-state index in [4.69, 9.17) is 0 Å². The van der Waals surface area contributed by atoms with Crippen LogP contribution in [0.3, 0.4) is 0 Å². The van der Waals surface area contributed by atoms with Crippen LogP contribution in [-0.4, -0.2) is 22.7 Å². The summed E-state index contributed by atoms with van der Waals surface area (Å²) in [7, 11) is 0. The largest absolute Gasteiger partial charge is 0.438 e. The summed E-state index contributed by atoms with van der Waals surface area (Å²) in [5.41, 5.74) is -0.492. The van der Waals surface area contributed by atoms with Crippen molar-refractivity contribution in [2.75, 3.05) is 0 Å². The molecule has 4 bridgehead atoms. The number of halogens is 3. The van der Waals surface area contributed by atoms with E-state index in [-0.39, 0.29) is 5.41 Å². The van der Waals surface area contributed by atoms with Crippen molar-refractivity contribution < 1.29 is 18.3 Å². The van der Waals surface area contributed by atoms with Crippen LogP contribution in [0, 0.1) is 23.2 Å². The molecule has 1 atom stereocenters. The van der Waals surface area contributed by atoms with Crippen LogP contribution in [-0.2, 0) is 0 Å². The average molecular weight is 288 g/mol. The number of nitrogens with zero attached hydrogens (tertiary/aromatic N) is 1. The fourth-order valence-electron chi connectivity index (χ4n) is 5.42. The van der Waals surface area contributed by atoms with Gasteiger partial charge in [0.1, 0.15) is 0 Å². The van der Waals surface area contributed by atoms with Gasteiger partial charge in [-0.25, -0.2) is 0 Å². The fraction of sp³-hybridized carbons (Fsp3) is 0.929. The van der Waals surface area contributed by atoms with Crippen LogP contribution in [0.1, 0.15) is 44.9 Å². The SMILES string of the molecule is O[C@@]1(C(F)(F)F)CC(C23CC4CC(CC(C4)C2)C3)=NN1. The molecule has 0 aromatic carbocycles. The Morgan fingerprint density at radius 3 is 1.95 bits per heavy atom. The topological polar surface area (TPSA) is 44.6 Å². The minimum absolute atomic E-state index is 0.169. The maximum absolute atomic E-state index is 12.9. The standard InChI is InChI=1S/C14H19F3N2O/c15-14(16,17)13(20)7-11(18-19-13)12-4-8-1-9(5-12)3-10(2-8)6-12/h8-10,19-20H,1-7H2/t8?,9?,10?,12?,13-/m1/s1. The molecule has 6 heteroatoms. The Kier molecular flexibility index (Phi) is 2.39. The van der Waals surface area contributed by atoms with Crippen molar-refractivity contribution in [3.63, 3.8) is 0 Å². The van der Waals surface area contributed by atoms with Gasteiger partial charge in [0.15, 0.2) is 0 Å². The quantitative estimate of drug-likeness (QED) is 0.779. The summed E-state index contributed by atoms with van der Waals surface area (Å²) in [6.07, 6.45) is 1.54. The first-order valence-corrected chi connectivity index (χ1v) is 7.43. The predicted molar refractivity (Wildman–Crippen MR) is 66.8 cm³/mol. The van der Waals surface area contributed by atoms with Gasteiger partial charge in [-0.1, -0.05) is 0 Å². The van der Waals surface area contributed by atoms with Gasteiger partial charge in [0, 0.05) is 17.5 Å². The van der Waals surface area contributed by atoms with Gasteiger partial charge in [-0.2, -0.15) is 18.3 Å². The average Bonchev–Trinajstić information content (AvgIpc) is 2.71. The zero-order valence-electron chi connectivity index (χ0n) is 11.2. The lowest BCUT2D eigenvalue weighted by Crippen LogP contribution is -2.54. The van der Waals surface area contributed by atoms with E-state index in [0.717, 1.165) is 19.3 Å². The maximum atomic E-state index is 12.9. The third kappa shape index (κ3) is 1.66. The van der Waals surface area contributed by atoms with Crippen LogP contribution in [0.5, 0.6) is 0 Å². The zero-order valence-corrected chi connectivity index (χ0v) is 11.2. The van der Waals surface area contributed by atoms with Gasteiger partial charge in [0.2, 0.25) is 0 Å². The van der Waals surface area contributed by atoms with Gasteiger partial charge >= 0.3 is 6.18 Å². The molecule has 5 rings (SSSR count). The first-order chi connectivity index (χ1) is 9.30. The van der Waals surface area contributed by atoms with E-state index >= 15 is 0 Å². The van der Waals surface area contributed by atoms with E-state index in [0.29, 0.717) is 23.5 Å². The van der Waals surface area contributed by atoms with Crippen molar-refractivity contribution in [1.29, 1.82) is 0 Å². The highest BCUT2D eigenvalue weighted by Gasteiger charge is 2.61. The molecular weight excluding hydrogens is 269 g/mol. The summed E-state index contributed by atoms with van der Waals surface area (Å²) in [6, 6.07) is 0. The van der Waals surface area contributed by atoms with Crippen molar-refractivity contribution in [2.24, 2.45) is 28.3 Å². The summed E-state index contributed by atoms with van der Waals surface area (Å²) in [5.74, 6) is 1.97. The monoisotopic (exact) mass is 288 g/mol. The molecule has 1 aliphatic heterocycles. The predicted octanol–water partition coefficient (Wildman–Crippen LogP) is 2.80. The van der Waals surface area contributed by atoms with Crippen LogP contribution in [0.25, 0.3) is 0 Å². The molecule has 0 aromatic rings. The van der Waals surface area contributed by atoms with E-state index in [1.807, 2.05) is 5.43 Å². The molecule has 112 valence electrons. The number of alkyl halides is 3. The summed E-state index contributed by atoms with van der Waals surface area (Å²) in [5, 5.41) is 13.7. The van der Waals surface area contributed by atoms with Crippen LogP contribution < -0.4 is 5.43 Å². The van der Waals surface area contributed by atoms with E-state index < -0.39 is 18.3 Å². The molecular formula is C14H19F3N2O. The molecule has 0 saturated heterocycles.